The van der Waals surface area contributed by atoms with Gasteiger partial charge in [0.05, 0.1) is 21.2 Å². The molecule has 4 nitrogen and oxygen atoms in total. The summed E-state index contributed by atoms with van der Waals surface area (Å²) in [7, 11) is 0. The van der Waals surface area contributed by atoms with Gasteiger partial charge in [-0.15, -0.1) is 5.11 Å². The smallest absolute Gasteiger partial charge is 0.225 e. The zero-order valence-electron chi connectivity index (χ0n) is 13.5. The molecule has 3 aromatic carbocycles. The van der Waals surface area contributed by atoms with Gasteiger partial charge in [-0.3, -0.25) is 4.57 Å². The molecule has 0 aliphatic carbocycles. The SMILES string of the molecule is Oc1c(N=Nc2ccc(Cl)c(Cl)c2)c2ccccc2n1-c1ccccc1. The van der Waals surface area contributed by atoms with Gasteiger partial charge < -0.3 is 5.11 Å². The number of fused-ring (bicyclic) bond motifs is 1. The normalized spacial score (nSPS) is 11.5. The molecule has 128 valence electrons. The van der Waals surface area contributed by atoms with Crippen molar-refractivity contribution in [3.05, 3.63) is 82.8 Å². The molecule has 0 aliphatic rings. The standard InChI is InChI=1S/C20H13Cl2N3O/c21-16-11-10-13(12-17(16)22)23-24-19-15-8-4-5-9-18(15)25(20(19)26)14-6-2-1-3-7-14/h1-12,26H. The molecule has 4 aromatic rings. The molecule has 1 aromatic heterocycles. The lowest BCUT2D eigenvalue weighted by molar-refractivity contribution is 0.446. The molecule has 1 N–H and O–H groups in total. The summed E-state index contributed by atoms with van der Waals surface area (Å²) in [5, 5.41) is 20.9. The van der Waals surface area contributed by atoms with E-state index < -0.39 is 0 Å². The van der Waals surface area contributed by atoms with Crippen LogP contribution in [0.25, 0.3) is 16.6 Å². The van der Waals surface area contributed by atoms with E-state index in [9.17, 15) is 5.11 Å². The van der Waals surface area contributed by atoms with Gasteiger partial charge in [-0.2, -0.15) is 5.11 Å². The zero-order valence-corrected chi connectivity index (χ0v) is 15.0. The van der Waals surface area contributed by atoms with Gasteiger partial charge in [0.25, 0.3) is 0 Å². The van der Waals surface area contributed by atoms with E-state index >= 15 is 0 Å². The number of aromatic nitrogens is 1. The van der Waals surface area contributed by atoms with Crippen molar-refractivity contribution in [3.8, 4) is 11.6 Å². The van der Waals surface area contributed by atoms with Crippen molar-refractivity contribution < 1.29 is 5.11 Å². The van der Waals surface area contributed by atoms with E-state index in [0.717, 1.165) is 16.6 Å². The van der Waals surface area contributed by atoms with Gasteiger partial charge in [0, 0.05) is 11.1 Å². The van der Waals surface area contributed by atoms with E-state index in [0.29, 0.717) is 21.4 Å². The minimum Gasteiger partial charge on any atom is -0.493 e. The summed E-state index contributed by atoms with van der Waals surface area (Å²) in [6, 6.07) is 22.3. The molecule has 0 unspecified atom stereocenters. The van der Waals surface area contributed by atoms with Crippen LogP contribution >= 0.6 is 23.2 Å². The van der Waals surface area contributed by atoms with Crippen molar-refractivity contribution >= 4 is 45.5 Å². The molecule has 0 bridgehead atoms. The maximum atomic E-state index is 10.8. The number of azo groups is 1. The van der Waals surface area contributed by atoms with Crippen LogP contribution < -0.4 is 0 Å². The van der Waals surface area contributed by atoms with E-state index in [1.54, 1.807) is 22.8 Å². The lowest BCUT2D eigenvalue weighted by Gasteiger charge is -2.06. The van der Waals surface area contributed by atoms with Crippen LogP contribution in [0.3, 0.4) is 0 Å². The second-order valence-corrected chi connectivity index (χ2v) is 6.47. The second kappa shape index (κ2) is 6.83. The van der Waals surface area contributed by atoms with Crippen molar-refractivity contribution in [2.45, 2.75) is 0 Å². The van der Waals surface area contributed by atoms with Gasteiger partial charge in [0.15, 0.2) is 5.69 Å². The molecule has 26 heavy (non-hydrogen) atoms. The number of aromatic hydroxyl groups is 1. The summed E-state index contributed by atoms with van der Waals surface area (Å²) in [6.07, 6.45) is 0. The fraction of sp³-hybridized carbons (Fsp3) is 0. The molecule has 0 saturated heterocycles. The van der Waals surface area contributed by atoms with E-state index in [1.807, 2.05) is 54.6 Å². The maximum absolute atomic E-state index is 10.8. The van der Waals surface area contributed by atoms with Gasteiger partial charge in [-0.1, -0.05) is 59.6 Å². The van der Waals surface area contributed by atoms with Gasteiger partial charge >= 0.3 is 0 Å². The monoisotopic (exact) mass is 381 g/mol. The Kier molecular flexibility index (Phi) is 4.37. The predicted molar refractivity (Wildman–Crippen MR) is 106 cm³/mol. The average molecular weight is 382 g/mol. The number of hydrogen-bond donors (Lipinski definition) is 1. The first-order valence-corrected chi connectivity index (χ1v) is 8.65. The minimum atomic E-state index is 0.0289. The van der Waals surface area contributed by atoms with Crippen LogP contribution in [0.2, 0.25) is 10.0 Å². The zero-order chi connectivity index (χ0) is 18.1. The minimum absolute atomic E-state index is 0.0289. The van der Waals surface area contributed by atoms with Crippen molar-refractivity contribution in [1.29, 1.82) is 0 Å². The molecular weight excluding hydrogens is 369 g/mol. The Balaban J connectivity index is 1.87. The highest BCUT2D eigenvalue weighted by molar-refractivity contribution is 6.42. The van der Waals surface area contributed by atoms with Gasteiger partial charge in [-0.05, 0) is 36.4 Å². The van der Waals surface area contributed by atoms with Crippen LogP contribution in [-0.4, -0.2) is 9.67 Å². The summed E-state index contributed by atoms with van der Waals surface area (Å²) < 4.78 is 1.75. The van der Waals surface area contributed by atoms with Gasteiger partial charge in [-0.25, -0.2) is 0 Å². The number of halogens is 2. The van der Waals surface area contributed by atoms with Crippen LogP contribution in [0.15, 0.2) is 83.0 Å². The Morgan fingerprint density at radius 1 is 0.769 bits per heavy atom. The van der Waals surface area contributed by atoms with E-state index in [4.69, 9.17) is 23.2 Å². The summed E-state index contributed by atoms with van der Waals surface area (Å²) in [5.41, 5.74) is 2.64. The third kappa shape index (κ3) is 2.94. The maximum Gasteiger partial charge on any atom is 0.225 e. The highest BCUT2D eigenvalue weighted by atomic mass is 35.5. The Hall–Kier alpha value is -2.82. The first-order valence-electron chi connectivity index (χ1n) is 7.90. The summed E-state index contributed by atoms with van der Waals surface area (Å²) in [4.78, 5) is 0. The number of para-hydroxylation sites is 2. The summed E-state index contributed by atoms with van der Waals surface area (Å²) in [6.45, 7) is 0. The van der Waals surface area contributed by atoms with Gasteiger partial charge in [0.1, 0.15) is 0 Å². The molecule has 0 atom stereocenters. The van der Waals surface area contributed by atoms with Crippen molar-refractivity contribution in [3.63, 3.8) is 0 Å². The Bertz CT molecular complexity index is 1120. The third-order valence-electron chi connectivity index (χ3n) is 4.01. The number of rotatable bonds is 3. The first kappa shape index (κ1) is 16.6. The van der Waals surface area contributed by atoms with Crippen LogP contribution in [0.4, 0.5) is 11.4 Å². The first-order chi connectivity index (χ1) is 12.6. The number of nitrogens with zero attached hydrogens (tertiary/aromatic N) is 3. The predicted octanol–water partition coefficient (Wildman–Crippen LogP) is 7.06. The molecular formula is C20H13Cl2N3O. The van der Waals surface area contributed by atoms with Crippen molar-refractivity contribution in [2.24, 2.45) is 10.2 Å². The lowest BCUT2D eigenvalue weighted by Crippen LogP contribution is -1.91. The summed E-state index contributed by atoms with van der Waals surface area (Å²) >= 11 is 11.9. The molecule has 4 rings (SSSR count). The van der Waals surface area contributed by atoms with E-state index in [1.165, 1.54) is 0 Å². The number of benzene rings is 3. The van der Waals surface area contributed by atoms with E-state index in [2.05, 4.69) is 10.2 Å². The molecule has 1 heterocycles. The Labute approximate surface area is 159 Å². The Morgan fingerprint density at radius 3 is 2.27 bits per heavy atom. The molecule has 0 amide bonds. The van der Waals surface area contributed by atoms with Gasteiger partial charge in [0.2, 0.25) is 5.88 Å². The number of hydrogen-bond acceptors (Lipinski definition) is 3. The third-order valence-corrected chi connectivity index (χ3v) is 4.75. The molecule has 0 aliphatic heterocycles. The average Bonchev–Trinajstić information content (AvgIpc) is 2.95. The van der Waals surface area contributed by atoms with Crippen LogP contribution in [-0.2, 0) is 0 Å². The van der Waals surface area contributed by atoms with E-state index in [-0.39, 0.29) is 5.88 Å². The molecule has 0 saturated carbocycles. The van der Waals surface area contributed by atoms with Crippen molar-refractivity contribution in [2.75, 3.05) is 0 Å². The molecule has 0 radical (unpaired) electrons. The van der Waals surface area contributed by atoms with Crippen LogP contribution in [0, 0.1) is 0 Å². The Morgan fingerprint density at radius 2 is 1.50 bits per heavy atom. The quantitative estimate of drug-likeness (QED) is 0.379. The van der Waals surface area contributed by atoms with Crippen LogP contribution in [0.1, 0.15) is 0 Å². The fourth-order valence-electron chi connectivity index (χ4n) is 2.80. The second-order valence-electron chi connectivity index (χ2n) is 5.66. The lowest BCUT2D eigenvalue weighted by atomic mass is 10.2. The topological polar surface area (TPSA) is 49.9 Å². The van der Waals surface area contributed by atoms with Crippen molar-refractivity contribution in [1.82, 2.24) is 4.57 Å². The molecule has 0 fully saturated rings. The molecule has 0 spiro atoms. The van der Waals surface area contributed by atoms with Crippen LogP contribution in [0.5, 0.6) is 5.88 Å². The largest absolute Gasteiger partial charge is 0.493 e. The highest BCUT2D eigenvalue weighted by Crippen LogP contribution is 2.41. The summed E-state index contributed by atoms with van der Waals surface area (Å²) in [5.74, 6) is 0.0289. The highest BCUT2D eigenvalue weighted by Gasteiger charge is 2.17. The fourth-order valence-corrected chi connectivity index (χ4v) is 3.09. The molecule has 6 heteroatoms.